The SMILES string of the molecule is Cc1nn(-c2ccccc2)c(C)c1CN=C(N)N1CCCCCC1. The molecule has 0 spiro atoms. The van der Waals surface area contributed by atoms with Crippen LogP contribution in [0.2, 0.25) is 0 Å². The highest BCUT2D eigenvalue weighted by molar-refractivity contribution is 5.78. The second-order valence-corrected chi connectivity index (χ2v) is 6.47. The maximum atomic E-state index is 6.23. The molecule has 0 amide bonds. The molecule has 1 aliphatic heterocycles. The van der Waals surface area contributed by atoms with Gasteiger partial charge < -0.3 is 10.6 Å². The molecule has 3 rings (SSSR count). The van der Waals surface area contributed by atoms with Gasteiger partial charge in [-0.05, 0) is 38.8 Å². The number of aromatic nitrogens is 2. The number of likely N-dealkylation sites (tertiary alicyclic amines) is 1. The Bertz CT molecular complexity index is 694. The molecule has 5 heteroatoms. The lowest BCUT2D eigenvalue weighted by atomic mass is 10.2. The Hall–Kier alpha value is -2.30. The van der Waals surface area contributed by atoms with Gasteiger partial charge in [0, 0.05) is 24.3 Å². The molecule has 1 aromatic heterocycles. The number of guanidine groups is 1. The van der Waals surface area contributed by atoms with Gasteiger partial charge in [-0.15, -0.1) is 0 Å². The third kappa shape index (κ3) is 3.61. The second-order valence-electron chi connectivity index (χ2n) is 6.47. The summed E-state index contributed by atoms with van der Waals surface area (Å²) in [5, 5.41) is 4.68. The molecule has 0 radical (unpaired) electrons. The Morgan fingerprint density at radius 1 is 1.08 bits per heavy atom. The number of hydrogen-bond donors (Lipinski definition) is 1. The van der Waals surface area contributed by atoms with Crippen molar-refractivity contribution in [3.63, 3.8) is 0 Å². The molecule has 0 aliphatic carbocycles. The van der Waals surface area contributed by atoms with Crippen LogP contribution in [0.4, 0.5) is 0 Å². The zero-order valence-corrected chi connectivity index (χ0v) is 14.7. The van der Waals surface area contributed by atoms with Gasteiger partial charge in [-0.3, -0.25) is 0 Å². The van der Waals surface area contributed by atoms with Crippen molar-refractivity contribution in [3.05, 3.63) is 47.3 Å². The fourth-order valence-corrected chi connectivity index (χ4v) is 3.28. The Labute approximate surface area is 144 Å². The Morgan fingerprint density at radius 2 is 1.75 bits per heavy atom. The second kappa shape index (κ2) is 7.51. The van der Waals surface area contributed by atoms with Crippen LogP contribution in [0.25, 0.3) is 5.69 Å². The highest BCUT2D eigenvalue weighted by Gasteiger charge is 2.14. The minimum absolute atomic E-state index is 0.590. The van der Waals surface area contributed by atoms with Crippen molar-refractivity contribution in [2.75, 3.05) is 13.1 Å². The molecule has 2 N–H and O–H groups in total. The summed E-state index contributed by atoms with van der Waals surface area (Å²) in [7, 11) is 0. The van der Waals surface area contributed by atoms with Gasteiger partial charge in [0.1, 0.15) is 0 Å². The first-order chi connectivity index (χ1) is 11.7. The fraction of sp³-hybridized carbons (Fsp3) is 0.474. The molecule has 128 valence electrons. The van der Waals surface area contributed by atoms with Crippen molar-refractivity contribution in [1.29, 1.82) is 0 Å². The molecular weight excluding hydrogens is 298 g/mol. The molecule has 1 aliphatic rings. The van der Waals surface area contributed by atoms with Crippen LogP contribution < -0.4 is 5.73 Å². The Balaban J connectivity index is 1.78. The molecule has 2 aromatic rings. The van der Waals surface area contributed by atoms with E-state index in [1.165, 1.54) is 25.7 Å². The van der Waals surface area contributed by atoms with E-state index in [1.54, 1.807) is 0 Å². The van der Waals surface area contributed by atoms with Crippen molar-refractivity contribution < 1.29 is 0 Å². The minimum atomic E-state index is 0.590. The number of aliphatic imine (C=N–C) groups is 1. The summed E-state index contributed by atoms with van der Waals surface area (Å²) in [5.41, 5.74) is 10.6. The monoisotopic (exact) mass is 325 g/mol. The van der Waals surface area contributed by atoms with Crippen LogP contribution in [0.1, 0.15) is 42.6 Å². The molecule has 0 bridgehead atoms. The van der Waals surface area contributed by atoms with E-state index in [-0.39, 0.29) is 0 Å². The van der Waals surface area contributed by atoms with Crippen LogP contribution in [0.5, 0.6) is 0 Å². The number of rotatable bonds is 3. The van der Waals surface area contributed by atoms with Crippen LogP contribution >= 0.6 is 0 Å². The third-order valence-corrected chi connectivity index (χ3v) is 4.77. The third-order valence-electron chi connectivity index (χ3n) is 4.77. The van der Waals surface area contributed by atoms with Crippen LogP contribution in [0.15, 0.2) is 35.3 Å². The van der Waals surface area contributed by atoms with Crippen molar-refractivity contribution in [2.24, 2.45) is 10.7 Å². The smallest absolute Gasteiger partial charge is 0.191 e. The number of nitrogens with zero attached hydrogens (tertiary/aromatic N) is 4. The summed E-state index contributed by atoms with van der Waals surface area (Å²) >= 11 is 0. The maximum Gasteiger partial charge on any atom is 0.191 e. The molecule has 1 aromatic carbocycles. The number of para-hydroxylation sites is 1. The van der Waals surface area contributed by atoms with Crippen LogP contribution in [-0.2, 0) is 6.54 Å². The lowest BCUT2D eigenvalue weighted by molar-refractivity contribution is 0.428. The average Bonchev–Trinajstić information content (AvgIpc) is 2.79. The number of aryl methyl sites for hydroxylation is 1. The van der Waals surface area contributed by atoms with E-state index in [9.17, 15) is 0 Å². The van der Waals surface area contributed by atoms with Gasteiger partial charge in [-0.2, -0.15) is 5.10 Å². The molecule has 24 heavy (non-hydrogen) atoms. The topological polar surface area (TPSA) is 59.4 Å². The molecule has 1 fully saturated rings. The van der Waals surface area contributed by atoms with Gasteiger partial charge in [0.25, 0.3) is 0 Å². The van der Waals surface area contributed by atoms with Crippen molar-refractivity contribution >= 4 is 5.96 Å². The van der Waals surface area contributed by atoms with E-state index in [1.807, 2.05) is 29.8 Å². The minimum Gasteiger partial charge on any atom is -0.370 e. The lowest BCUT2D eigenvalue weighted by Crippen LogP contribution is -2.38. The zero-order valence-electron chi connectivity index (χ0n) is 14.7. The molecular formula is C19H27N5. The fourth-order valence-electron chi connectivity index (χ4n) is 3.28. The summed E-state index contributed by atoms with van der Waals surface area (Å²) in [4.78, 5) is 6.88. The summed E-state index contributed by atoms with van der Waals surface area (Å²) in [6.45, 7) is 6.78. The molecule has 1 saturated heterocycles. The zero-order chi connectivity index (χ0) is 16.9. The highest BCUT2D eigenvalue weighted by atomic mass is 15.3. The normalized spacial score (nSPS) is 16.2. The van der Waals surface area contributed by atoms with Gasteiger partial charge >= 0.3 is 0 Å². The summed E-state index contributed by atoms with van der Waals surface area (Å²) in [5.74, 6) is 0.670. The van der Waals surface area contributed by atoms with E-state index in [4.69, 9.17) is 5.73 Å². The van der Waals surface area contributed by atoms with E-state index in [0.717, 1.165) is 35.7 Å². The maximum absolute atomic E-state index is 6.23. The molecule has 2 heterocycles. The number of benzene rings is 1. The first-order valence-electron chi connectivity index (χ1n) is 8.82. The summed E-state index contributed by atoms with van der Waals surface area (Å²) < 4.78 is 1.99. The molecule has 0 unspecified atom stereocenters. The first kappa shape index (κ1) is 16.6. The predicted octanol–water partition coefficient (Wildman–Crippen LogP) is 3.18. The Morgan fingerprint density at radius 3 is 2.42 bits per heavy atom. The van der Waals surface area contributed by atoms with E-state index in [0.29, 0.717) is 12.5 Å². The van der Waals surface area contributed by atoms with Gasteiger partial charge in [0.2, 0.25) is 0 Å². The van der Waals surface area contributed by atoms with Crippen molar-refractivity contribution in [2.45, 2.75) is 46.1 Å². The van der Waals surface area contributed by atoms with Gasteiger partial charge in [0.05, 0.1) is 17.9 Å². The van der Waals surface area contributed by atoms with Crippen LogP contribution in [0.3, 0.4) is 0 Å². The summed E-state index contributed by atoms with van der Waals surface area (Å²) in [6, 6.07) is 10.2. The van der Waals surface area contributed by atoms with E-state index in [2.05, 4.69) is 34.0 Å². The van der Waals surface area contributed by atoms with Gasteiger partial charge in [-0.25, -0.2) is 9.67 Å². The highest BCUT2D eigenvalue weighted by Crippen LogP contribution is 2.19. The van der Waals surface area contributed by atoms with E-state index < -0.39 is 0 Å². The standard InChI is InChI=1S/C19H27N5/c1-15-18(14-21-19(20)23-12-8-3-4-9-13-23)16(2)24(22-15)17-10-6-5-7-11-17/h5-7,10-11H,3-4,8-9,12-14H2,1-2H3,(H2,20,21). The van der Waals surface area contributed by atoms with E-state index >= 15 is 0 Å². The Kier molecular flexibility index (Phi) is 5.18. The average molecular weight is 325 g/mol. The van der Waals surface area contributed by atoms with Crippen molar-refractivity contribution in [3.8, 4) is 5.69 Å². The molecule has 5 nitrogen and oxygen atoms in total. The molecule has 0 saturated carbocycles. The van der Waals surface area contributed by atoms with Crippen LogP contribution in [-0.4, -0.2) is 33.7 Å². The van der Waals surface area contributed by atoms with Crippen molar-refractivity contribution in [1.82, 2.24) is 14.7 Å². The summed E-state index contributed by atoms with van der Waals surface area (Å²) in [6.07, 6.45) is 5.01. The number of hydrogen-bond acceptors (Lipinski definition) is 2. The lowest BCUT2D eigenvalue weighted by Gasteiger charge is -2.21. The first-order valence-corrected chi connectivity index (χ1v) is 8.82. The predicted molar refractivity (Wildman–Crippen MR) is 98.4 cm³/mol. The molecule has 0 atom stereocenters. The quantitative estimate of drug-likeness (QED) is 0.696. The number of nitrogens with two attached hydrogens (primary N) is 1. The van der Waals surface area contributed by atoms with Gasteiger partial charge in [-0.1, -0.05) is 31.0 Å². The van der Waals surface area contributed by atoms with Crippen LogP contribution in [0, 0.1) is 13.8 Å². The largest absolute Gasteiger partial charge is 0.370 e. The van der Waals surface area contributed by atoms with Gasteiger partial charge in [0.15, 0.2) is 5.96 Å².